The molecule has 0 radical (unpaired) electrons. The number of aromatic nitrogens is 5. The number of H-pyrrole nitrogens is 1. The first kappa shape index (κ1) is 15.3. The van der Waals surface area contributed by atoms with Gasteiger partial charge in [0.1, 0.15) is 5.69 Å². The predicted octanol–water partition coefficient (Wildman–Crippen LogP) is 0.903. The summed E-state index contributed by atoms with van der Waals surface area (Å²) in [5.74, 6) is -0.410. The lowest BCUT2D eigenvalue weighted by atomic mass is 9.86. The van der Waals surface area contributed by atoms with Gasteiger partial charge in [-0.15, -0.1) is 0 Å². The molecule has 0 saturated heterocycles. The second-order valence-electron chi connectivity index (χ2n) is 6.12. The molecule has 9 heteroatoms. The van der Waals surface area contributed by atoms with Crippen molar-refractivity contribution in [2.45, 2.75) is 26.2 Å². The number of rotatable bonds is 2. The summed E-state index contributed by atoms with van der Waals surface area (Å²) in [4.78, 5) is 28.9. The van der Waals surface area contributed by atoms with Crippen molar-refractivity contribution in [3.8, 4) is 0 Å². The lowest BCUT2D eigenvalue weighted by Gasteiger charge is -2.22. The molecular formula is C16H17N7O2. The second-order valence-corrected chi connectivity index (χ2v) is 6.12. The van der Waals surface area contributed by atoms with Crippen LogP contribution in [0.4, 0.5) is 5.82 Å². The molecule has 128 valence electrons. The molecule has 0 bridgehead atoms. The third kappa shape index (κ3) is 2.27. The van der Waals surface area contributed by atoms with Gasteiger partial charge in [0, 0.05) is 41.9 Å². The molecule has 0 aromatic carbocycles. The molecule has 0 spiro atoms. The lowest BCUT2D eigenvalue weighted by molar-refractivity contribution is -0.116. The van der Waals surface area contributed by atoms with Crippen LogP contribution in [-0.2, 0) is 4.79 Å². The summed E-state index contributed by atoms with van der Waals surface area (Å²) in [6, 6.07) is 1.94. The Morgan fingerprint density at radius 2 is 2.20 bits per heavy atom. The zero-order chi connectivity index (χ0) is 17.7. The number of aryl methyl sites for hydroxylation is 2. The number of amides is 2. The van der Waals surface area contributed by atoms with Crippen molar-refractivity contribution in [3.63, 3.8) is 0 Å². The molecule has 25 heavy (non-hydrogen) atoms. The highest BCUT2D eigenvalue weighted by Crippen LogP contribution is 2.39. The van der Waals surface area contributed by atoms with E-state index in [0.29, 0.717) is 22.7 Å². The van der Waals surface area contributed by atoms with E-state index >= 15 is 0 Å². The van der Waals surface area contributed by atoms with E-state index in [-0.39, 0.29) is 24.2 Å². The van der Waals surface area contributed by atoms with Gasteiger partial charge >= 0.3 is 0 Å². The third-order valence-electron chi connectivity index (χ3n) is 4.43. The fourth-order valence-electron chi connectivity index (χ4n) is 3.35. The number of aromatic amines is 1. The van der Waals surface area contributed by atoms with Crippen LogP contribution >= 0.6 is 0 Å². The van der Waals surface area contributed by atoms with Crippen molar-refractivity contribution in [2.75, 3.05) is 12.4 Å². The number of nitrogens with zero attached hydrogens (tertiary/aromatic N) is 4. The van der Waals surface area contributed by atoms with Crippen LogP contribution < -0.4 is 10.6 Å². The van der Waals surface area contributed by atoms with Crippen molar-refractivity contribution in [2.24, 2.45) is 0 Å². The van der Waals surface area contributed by atoms with Gasteiger partial charge in [0.05, 0.1) is 6.20 Å². The molecule has 0 fully saturated rings. The standard InChI is InChI=1S/C16H17N7O2/c1-7-4-8(2)23-15(19-7)10(6-18-23)9-5-11(24)20-14-12(9)13(21-22-14)16(25)17-3/h4,6,9H,5H2,1-3H3,(H,17,25)(H2,20,21,22,24). The summed E-state index contributed by atoms with van der Waals surface area (Å²) in [5.41, 5.74) is 4.31. The van der Waals surface area contributed by atoms with Gasteiger partial charge in [-0.05, 0) is 19.9 Å². The van der Waals surface area contributed by atoms with E-state index < -0.39 is 0 Å². The minimum absolute atomic E-state index is 0.156. The Morgan fingerprint density at radius 3 is 2.96 bits per heavy atom. The van der Waals surface area contributed by atoms with Gasteiger partial charge in [0.2, 0.25) is 5.91 Å². The normalized spacial score (nSPS) is 16.6. The summed E-state index contributed by atoms with van der Waals surface area (Å²) >= 11 is 0. The van der Waals surface area contributed by atoms with E-state index in [1.165, 1.54) is 0 Å². The minimum Gasteiger partial charge on any atom is -0.354 e. The van der Waals surface area contributed by atoms with Gasteiger partial charge in [-0.1, -0.05) is 0 Å². The fraction of sp³-hybridized carbons (Fsp3) is 0.312. The summed E-state index contributed by atoms with van der Waals surface area (Å²) in [6.45, 7) is 3.86. The molecule has 3 aromatic rings. The highest BCUT2D eigenvalue weighted by Gasteiger charge is 2.35. The monoisotopic (exact) mass is 339 g/mol. The lowest BCUT2D eigenvalue weighted by Crippen LogP contribution is -2.26. The molecular weight excluding hydrogens is 322 g/mol. The van der Waals surface area contributed by atoms with E-state index in [1.807, 2.05) is 19.9 Å². The van der Waals surface area contributed by atoms with Crippen molar-refractivity contribution in [1.82, 2.24) is 30.1 Å². The molecule has 3 aromatic heterocycles. The Labute approximate surface area is 142 Å². The van der Waals surface area contributed by atoms with E-state index in [2.05, 4.69) is 30.9 Å². The Bertz CT molecular complexity index is 1020. The Balaban J connectivity index is 1.94. The van der Waals surface area contributed by atoms with Gasteiger partial charge < -0.3 is 10.6 Å². The van der Waals surface area contributed by atoms with Crippen LogP contribution in [-0.4, -0.2) is 43.7 Å². The molecule has 0 saturated carbocycles. The topological polar surface area (TPSA) is 117 Å². The van der Waals surface area contributed by atoms with Crippen molar-refractivity contribution in [3.05, 3.63) is 40.5 Å². The van der Waals surface area contributed by atoms with Crippen molar-refractivity contribution in [1.29, 1.82) is 0 Å². The average Bonchev–Trinajstić information content (AvgIpc) is 3.17. The van der Waals surface area contributed by atoms with Crippen LogP contribution in [0.5, 0.6) is 0 Å². The molecule has 4 heterocycles. The molecule has 1 aliphatic rings. The molecule has 1 unspecified atom stereocenters. The molecule has 3 N–H and O–H groups in total. The number of carbonyl (C=O) groups is 2. The first-order valence-corrected chi connectivity index (χ1v) is 7.91. The van der Waals surface area contributed by atoms with Crippen LogP contribution in [0.3, 0.4) is 0 Å². The van der Waals surface area contributed by atoms with Gasteiger partial charge in [-0.25, -0.2) is 9.50 Å². The molecule has 2 amide bonds. The number of anilines is 1. The highest BCUT2D eigenvalue weighted by atomic mass is 16.2. The molecule has 1 aliphatic heterocycles. The molecule has 4 rings (SSSR count). The second kappa shape index (κ2) is 5.40. The number of hydrogen-bond acceptors (Lipinski definition) is 5. The maximum atomic E-state index is 12.2. The van der Waals surface area contributed by atoms with E-state index in [9.17, 15) is 9.59 Å². The summed E-state index contributed by atoms with van der Waals surface area (Å²) < 4.78 is 1.74. The van der Waals surface area contributed by atoms with Crippen LogP contribution in [0, 0.1) is 13.8 Å². The summed E-state index contributed by atoms with van der Waals surface area (Å²) in [5, 5.41) is 16.5. The zero-order valence-electron chi connectivity index (χ0n) is 14.0. The van der Waals surface area contributed by atoms with Crippen molar-refractivity contribution >= 4 is 23.3 Å². The molecule has 1 atom stereocenters. The predicted molar refractivity (Wildman–Crippen MR) is 89.5 cm³/mol. The highest BCUT2D eigenvalue weighted by molar-refractivity contribution is 6.00. The third-order valence-corrected chi connectivity index (χ3v) is 4.43. The number of hydrogen-bond donors (Lipinski definition) is 3. The SMILES string of the molecule is CNC(=O)c1[nH]nc2c1C(c1cnn3c(C)cc(C)nc13)CC(=O)N2. The quantitative estimate of drug-likeness (QED) is 0.641. The summed E-state index contributed by atoms with van der Waals surface area (Å²) in [6.07, 6.45) is 1.91. The van der Waals surface area contributed by atoms with Crippen LogP contribution in [0.2, 0.25) is 0 Å². The van der Waals surface area contributed by atoms with Crippen LogP contribution in [0.15, 0.2) is 12.3 Å². The maximum absolute atomic E-state index is 12.2. The average molecular weight is 339 g/mol. The first-order chi connectivity index (χ1) is 12.0. The largest absolute Gasteiger partial charge is 0.354 e. The van der Waals surface area contributed by atoms with E-state index in [4.69, 9.17) is 0 Å². The number of nitrogens with one attached hydrogen (secondary N) is 3. The molecule has 0 aliphatic carbocycles. The van der Waals surface area contributed by atoms with Crippen LogP contribution in [0.25, 0.3) is 5.65 Å². The smallest absolute Gasteiger partial charge is 0.269 e. The van der Waals surface area contributed by atoms with E-state index in [0.717, 1.165) is 17.0 Å². The van der Waals surface area contributed by atoms with Crippen LogP contribution in [0.1, 0.15) is 45.3 Å². The van der Waals surface area contributed by atoms with Gasteiger partial charge in [-0.2, -0.15) is 10.2 Å². The van der Waals surface area contributed by atoms with E-state index in [1.54, 1.807) is 17.8 Å². The van der Waals surface area contributed by atoms with Gasteiger partial charge in [0.15, 0.2) is 11.5 Å². The Morgan fingerprint density at radius 1 is 1.40 bits per heavy atom. The number of carbonyl (C=O) groups excluding carboxylic acids is 2. The minimum atomic E-state index is -0.346. The van der Waals surface area contributed by atoms with Crippen molar-refractivity contribution < 1.29 is 9.59 Å². The fourth-order valence-corrected chi connectivity index (χ4v) is 3.35. The zero-order valence-corrected chi connectivity index (χ0v) is 14.0. The Hall–Kier alpha value is -3.23. The first-order valence-electron chi connectivity index (χ1n) is 7.91. The Kier molecular flexibility index (Phi) is 3.31. The summed E-state index contributed by atoms with van der Waals surface area (Å²) in [7, 11) is 1.55. The molecule has 9 nitrogen and oxygen atoms in total. The van der Waals surface area contributed by atoms with Gasteiger partial charge in [-0.3, -0.25) is 14.7 Å². The maximum Gasteiger partial charge on any atom is 0.269 e. The number of fused-ring (bicyclic) bond motifs is 2. The van der Waals surface area contributed by atoms with Gasteiger partial charge in [0.25, 0.3) is 5.91 Å².